The Kier molecular flexibility index (Phi) is 8.02. The first kappa shape index (κ1) is 25.8. The molecule has 0 saturated heterocycles. The van der Waals surface area contributed by atoms with Crippen LogP contribution in [0.3, 0.4) is 0 Å². The molecule has 0 atom stereocenters. The van der Waals surface area contributed by atoms with E-state index < -0.39 is 0 Å². The Morgan fingerprint density at radius 3 is 2.64 bits per heavy atom. The lowest BCUT2D eigenvalue weighted by Crippen LogP contribution is -2.32. The molecule has 192 valence electrons. The van der Waals surface area contributed by atoms with E-state index in [0.29, 0.717) is 38.5 Å². The molecule has 1 aromatic heterocycles. The summed E-state index contributed by atoms with van der Waals surface area (Å²) in [6, 6.07) is 14.6. The van der Waals surface area contributed by atoms with Crippen LogP contribution in [-0.4, -0.2) is 37.3 Å². The van der Waals surface area contributed by atoms with Crippen LogP contribution < -0.4 is 9.64 Å². The number of rotatable bonds is 9. The van der Waals surface area contributed by atoms with Crippen LogP contribution in [0.25, 0.3) is 11.5 Å². The fourth-order valence-electron chi connectivity index (χ4n) is 4.65. The minimum atomic E-state index is -0.149. The van der Waals surface area contributed by atoms with Crippen molar-refractivity contribution < 1.29 is 18.7 Å². The molecule has 0 unspecified atom stereocenters. The highest BCUT2D eigenvalue weighted by molar-refractivity contribution is 5.71. The molecule has 0 saturated carbocycles. The van der Waals surface area contributed by atoms with Crippen LogP contribution in [0.2, 0.25) is 0 Å². The third-order valence-electron chi connectivity index (χ3n) is 6.68. The lowest BCUT2D eigenvalue weighted by molar-refractivity contribution is -0.142. The molecule has 36 heavy (non-hydrogen) atoms. The lowest BCUT2D eigenvalue weighted by Gasteiger charge is -2.32. The Bertz CT molecular complexity index is 1170. The largest absolute Gasteiger partial charge is 0.493 e. The van der Waals surface area contributed by atoms with Crippen molar-refractivity contribution in [2.75, 3.05) is 31.2 Å². The Morgan fingerprint density at radius 2 is 1.92 bits per heavy atom. The molecule has 0 aliphatic carbocycles. The molecule has 6 heteroatoms. The van der Waals surface area contributed by atoms with Crippen molar-refractivity contribution in [2.24, 2.45) is 0 Å². The molecular formula is C30H38N2O4. The number of benzene rings is 2. The van der Waals surface area contributed by atoms with Crippen LogP contribution in [0.15, 0.2) is 46.9 Å². The van der Waals surface area contributed by atoms with Crippen molar-refractivity contribution in [3.8, 4) is 17.2 Å². The maximum absolute atomic E-state index is 11.8. The summed E-state index contributed by atoms with van der Waals surface area (Å²) in [7, 11) is 0. The summed E-state index contributed by atoms with van der Waals surface area (Å²) < 4.78 is 17.3. The highest BCUT2D eigenvalue weighted by Crippen LogP contribution is 2.34. The van der Waals surface area contributed by atoms with Gasteiger partial charge in [-0.25, -0.2) is 4.98 Å². The zero-order chi connectivity index (χ0) is 25.7. The Morgan fingerprint density at radius 1 is 1.14 bits per heavy atom. The smallest absolute Gasteiger partial charge is 0.307 e. The van der Waals surface area contributed by atoms with Crippen LogP contribution in [0.1, 0.15) is 63.1 Å². The number of anilines is 1. The van der Waals surface area contributed by atoms with E-state index >= 15 is 0 Å². The highest BCUT2D eigenvalue weighted by Gasteiger charge is 2.21. The number of ether oxygens (including phenoxy) is 2. The van der Waals surface area contributed by atoms with Gasteiger partial charge in [0.2, 0.25) is 5.89 Å². The SMILES string of the molecule is CCOC(=O)CCN1CCCc2c(OCCc3nc(-c4ccc(C(C)(C)C)cc4)oc3C)cccc21. The molecule has 6 nitrogen and oxygen atoms in total. The van der Waals surface area contributed by atoms with Crippen molar-refractivity contribution in [1.82, 2.24) is 4.98 Å². The third kappa shape index (κ3) is 6.10. The van der Waals surface area contributed by atoms with Gasteiger partial charge in [0.1, 0.15) is 11.5 Å². The molecule has 4 rings (SSSR count). The molecule has 2 heterocycles. The predicted molar refractivity (Wildman–Crippen MR) is 143 cm³/mol. The third-order valence-corrected chi connectivity index (χ3v) is 6.68. The minimum absolute atomic E-state index is 0.113. The number of carbonyl (C=O) groups is 1. The molecule has 0 amide bonds. The average molecular weight is 491 g/mol. The van der Waals surface area contributed by atoms with Crippen molar-refractivity contribution in [3.63, 3.8) is 0 Å². The summed E-state index contributed by atoms with van der Waals surface area (Å²) >= 11 is 0. The first-order valence-electron chi connectivity index (χ1n) is 13.0. The van der Waals surface area contributed by atoms with Gasteiger partial charge in [0.25, 0.3) is 0 Å². The molecule has 0 radical (unpaired) electrons. The maximum Gasteiger partial charge on any atom is 0.307 e. The topological polar surface area (TPSA) is 64.8 Å². The van der Waals surface area contributed by atoms with E-state index in [0.717, 1.165) is 47.8 Å². The van der Waals surface area contributed by atoms with Gasteiger partial charge in [-0.2, -0.15) is 0 Å². The van der Waals surface area contributed by atoms with E-state index in [1.165, 1.54) is 11.1 Å². The monoisotopic (exact) mass is 490 g/mol. The van der Waals surface area contributed by atoms with Crippen LogP contribution in [-0.2, 0) is 27.8 Å². The first-order chi connectivity index (χ1) is 17.3. The Labute approximate surface area is 214 Å². The number of nitrogens with zero attached hydrogens (tertiary/aromatic N) is 2. The molecule has 0 fully saturated rings. The van der Waals surface area contributed by atoms with E-state index in [9.17, 15) is 4.79 Å². The number of aryl methyl sites for hydroxylation is 1. The number of esters is 1. The van der Waals surface area contributed by atoms with Gasteiger partial charge in [0, 0.05) is 36.3 Å². The van der Waals surface area contributed by atoms with Gasteiger partial charge in [0.05, 0.1) is 25.3 Å². The van der Waals surface area contributed by atoms with Gasteiger partial charge in [-0.3, -0.25) is 4.79 Å². The molecule has 0 bridgehead atoms. The Balaban J connectivity index is 1.39. The van der Waals surface area contributed by atoms with E-state index in [1.54, 1.807) is 0 Å². The lowest BCUT2D eigenvalue weighted by atomic mass is 9.87. The second-order valence-corrected chi connectivity index (χ2v) is 10.3. The number of aromatic nitrogens is 1. The number of hydrogen-bond donors (Lipinski definition) is 0. The second kappa shape index (κ2) is 11.2. The molecule has 1 aliphatic rings. The first-order valence-corrected chi connectivity index (χ1v) is 13.0. The number of oxazole rings is 1. The van der Waals surface area contributed by atoms with E-state index in [2.05, 4.69) is 56.0 Å². The molecule has 1 aliphatic heterocycles. The molecule has 0 N–H and O–H groups in total. The minimum Gasteiger partial charge on any atom is -0.493 e. The summed E-state index contributed by atoms with van der Waals surface area (Å²) in [5.74, 6) is 2.24. The molecular weight excluding hydrogens is 452 g/mol. The summed E-state index contributed by atoms with van der Waals surface area (Å²) in [6.07, 6.45) is 3.08. The van der Waals surface area contributed by atoms with Crippen LogP contribution in [0, 0.1) is 6.92 Å². The van der Waals surface area contributed by atoms with Gasteiger partial charge in [-0.05, 0) is 61.9 Å². The van der Waals surface area contributed by atoms with Gasteiger partial charge < -0.3 is 18.8 Å². The summed E-state index contributed by atoms with van der Waals surface area (Å²) in [5.41, 5.74) is 5.67. The van der Waals surface area contributed by atoms with Crippen molar-refractivity contribution in [2.45, 2.75) is 65.7 Å². The summed E-state index contributed by atoms with van der Waals surface area (Å²) in [6.45, 7) is 13.0. The van der Waals surface area contributed by atoms with Crippen LogP contribution >= 0.6 is 0 Å². The quantitative estimate of drug-likeness (QED) is 0.329. The van der Waals surface area contributed by atoms with Gasteiger partial charge in [-0.15, -0.1) is 0 Å². The standard InChI is InChI=1S/C30H38N2O4/c1-6-34-28(33)16-19-32-18-8-9-24-26(32)10-7-11-27(24)35-20-17-25-21(2)36-29(31-25)22-12-14-23(15-13-22)30(3,4)5/h7,10-15H,6,8-9,16-20H2,1-5H3. The van der Waals surface area contributed by atoms with Crippen LogP contribution in [0.4, 0.5) is 5.69 Å². The summed E-state index contributed by atoms with van der Waals surface area (Å²) in [5, 5.41) is 0. The summed E-state index contributed by atoms with van der Waals surface area (Å²) in [4.78, 5) is 18.9. The number of fused-ring (bicyclic) bond motifs is 1. The van der Waals surface area contributed by atoms with Gasteiger partial charge in [0.15, 0.2) is 0 Å². The highest BCUT2D eigenvalue weighted by atomic mass is 16.5. The van der Waals surface area contributed by atoms with Crippen molar-refractivity contribution in [3.05, 3.63) is 65.0 Å². The second-order valence-electron chi connectivity index (χ2n) is 10.3. The number of hydrogen-bond acceptors (Lipinski definition) is 6. The predicted octanol–water partition coefficient (Wildman–Crippen LogP) is 6.27. The normalized spacial score (nSPS) is 13.4. The average Bonchev–Trinajstić information content (AvgIpc) is 3.23. The fraction of sp³-hybridized carbons (Fsp3) is 0.467. The van der Waals surface area contributed by atoms with Crippen LogP contribution in [0.5, 0.6) is 5.75 Å². The van der Waals surface area contributed by atoms with E-state index in [-0.39, 0.29) is 11.4 Å². The zero-order valence-corrected chi connectivity index (χ0v) is 22.2. The van der Waals surface area contributed by atoms with E-state index in [1.807, 2.05) is 26.0 Å². The Hall–Kier alpha value is -3.28. The molecule has 2 aromatic carbocycles. The van der Waals surface area contributed by atoms with Crippen molar-refractivity contribution in [1.29, 1.82) is 0 Å². The maximum atomic E-state index is 11.8. The van der Waals surface area contributed by atoms with Crippen molar-refractivity contribution >= 4 is 11.7 Å². The molecule has 3 aromatic rings. The number of carbonyl (C=O) groups excluding carboxylic acids is 1. The van der Waals surface area contributed by atoms with Gasteiger partial charge >= 0.3 is 5.97 Å². The fourth-order valence-corrected chi connectivity index (χ4v) is 4.65. The van der Waals surface area contributed by atoms with Gasteiger partial charge in [-0.1, -0.05) is 39.0 Å². The van der Waals surface area contributed by atoms with E-state index in [4.69, 9.17) is 18.9 Å². The zero-order valence-electron chi connectivity index (χ0n) is 22.2. The molecule has 0 spiro atoms.